The van der Waals surface area contributed by atoms with Crippen molar-refractivity contribution in [2.75, 3.05) is 0 Å². The SMILES string of the molecule is Cc1cn(Cc2ccc(C(F)(F)P(=O)(O)O)c(Br)c2)c2ccc(Br)cc12. The van der Waals surface area contributed by atoms with E-state index in [4.69, 9.17) is 9.79 Å². The molecule has 2 aromatic carbocycles. The molecule has 0 saturated heterocycles. The van der Waals surface area contributed by atoms with Crippen LogP contribution in [0.1, 0.15) is 16.7 Å². The Morgan fingerprint density at radius 3 is 2.46 bits per heavy atom. The van der Waals surface area contributed by atoms with Gasteiger partial charge in [-0.1, -0.05) is 44.0 Å². The van der Waals surface area contributed by atoms with E-state index in [-0.39, 0.29) is 4.47 Å². The molecule has 3 aromatic rings. The molecular weight excluding hydrogens is 495 g/mol. The molecule has 9 heteroatoms. The maximum Gasteiger partial charge on any atom is 0.399 e. The van der Waals surface area contributed by atoms with Gasteiger partial charge in [0.1, 0.15) is 0 Å². The van der Waals surface area contributed by atoms with E-state index in [2.05, 4.69) is 31.9 Å². The number of hydrogen-bond acceptors (Lipinski definition) is 1. The van der Waals surface area contributed by atoms with Crippen LogP contribution in [0.3, 0.4) is 0 Å². The Morgan fingerprint density at radius 2 is 1.85 bits per heavy atom. The minimum atomic E-state index is -5.61. The van der Waals surface area contributed by atoms with Gasteiger partial charge in [-0.05, 0) is 42.3 Å². The van der Waals surface area contributed by atoms with Crippen LogP contribution in [-0.2, 0) is 16.8 Å². The summed E-state index contributed by atoms with van der Waals surface area (Å²) in [5.74, 6) is 0. The summed E-state index contributed by atoms with van der Waals surface area (Å²) in [6.07, 6.45) is 1.98. The minimum absolute atomic E-state index is 0.0424. The highest BCUT2D eigenvalue weighted by Gasteiger charge is 2.51. The lowest BCUT2D eigenvalue weighted by atomic mass is 10.1. The molecule has 0 aliphatic rings. The first kappa shape index (κ1) is 19.7. The maximum atomic E-state index is 13.9. The summed E-state index contributed by atoms with van der Waals surface area (Å²) in [5, 5.41) is 1.09. The minimum Gasteiger partial charge on any atom is -0.343 e. The van der Waals surface area contributed by atoms with Crippen LogP contribution in [-0.4, -0.2) is 14.4 Å². The van der Waals surface area contributed by atoms with Crippen molar-refractivity contribution in [1.82, 2.24) is 4.57 Å². The van der Waals surface area contributed by atoms with E-state index in [1.165, 1.54) is 12.1 Å². The van der Waals surface area contributed by atoms with Gasteiger partial charge in [0.05, 0.1) is 0 Å². The Kier molecular flexibility index (Phi) is 5.18. The van der Waals surface area contributed by atoms with Crippen LogP contribution in [0.15, 0.2) is 51.5 Å². The van der Waals surface area contributed by atoms with E-state index in [1.54, 1.807) is 0 Å². The van der Waals surface area contributed by atoms with E-state index in [1.807, 2.05) is 35.9 Å². The lowest BCUT2D eigenvalue weighted by Gasteiger charge is -2.19. The Morgan fingerprint density at radius 1 is 1.15 bits per heavy atom. The number of benzene rings is 2. The van der Waals surface area contributed by atoms with Gasteiger partial charge < -0.3 is 14.4 Å². The zero-order valence-corrected chi connectivity index (χ0v) is 17.5. The van der Waals surface area contributed by atoms with Crippen molar-refractivity contribution < 1.29 is 23.1 Å². The fraction of sp³-hybridized carbons (Fsp3) is 0.176. The third-order valence-electron chi connectivity index (χ3n) is 4.12. The van der Waals surface area contributed by atoms with Crippen LogP contribution in [0.25, 0.3) is 10.9 Å². The average molecular weight is 509 g/mol. The van der Waals surface area contributed by atoms with Gasteiger partial charge in [-0.15, -0.1) is 0 Å². The van der Waals surface area contributed by atoms with Crippen LogP contribution >= 0.6 is 39.5 Å². The van der Waals surface area contributed by atoms with Gasteiger partial charge >= 0.3 is 13.3 Å². The van der Waals surface area contributed by atoms with Gasteiger partial charge in [-0.2, -0.15) is 8.78 Å². The summed E-state index contributed by atoms with van der Waals surface area (Å²) in [6.45, 7) is 2.43. The number of aromatic nitrogens is 1. The van der Waals surface area contributed by atoms with Gasteiger partial charge in [0.15, 0.2) is 0 Å². The Labute approximate surface area is 165 Å². The molecule has 4 nitrogen and oxygen atoms in total. The first-order valence-corrected chi connectivity index (χ1v) is 10.7. The van der Waals surface area contributed by atoms with E-state index >= 15 is 0 Å². The normalized spacial score (nSPS) is 12.7. The van der Waals surface area contributed by atoms with Crippen LogP contribution in [0.5, 0.6) is 0 Å². The van der Waals surface area contributed by atoms with E-state index < -0.39 is 18.8 Å². The second-order valence-corrected chi connectivity index (χ2v) is 9.42. The van der Waals surface area contributed by atoms with E-state index in [0.717, 1.165) is 32.6 Å². The standard InChI is InChI=1S/C17H14Br2F2NO3P/c1-10-8-22(16-5-3-12(18)7-13(10)16)9-11-2-4-14(15(19)6-11)17(20,21)26(23,24)25/h2-8H,9H2,1H3,(H2,23,24,25). The molecule has 0 bridgehead atoms. The predicted octanol–water partition coefficient (Wildman–Crippen LogP) is 5.75. The molecule has 0 aliphatic heterocycles. The topological polar surface area (TPSA) is 62.5 Å². The summed E-state index contributed by atoms with van der Waals surface area (Å²) in [7, 11) is -5.61. The second-order valence-electron chi connectivity index (χ2n) is 6.00. The smallest absolute Gasteiger partial charge is 0.343 e. The highest BCUT2D eigenvalue weighted by molar-refractivity contribution is 9.10. The highest BCUT2D eigenvalue weighted by Crippen LogP contribution is 2.60. The van der Waals surface area contributed by atoms with Crippen molar-refractivity contribution in [3.63, 3.8) is 0 Å². The monoisotopic (exact) mass is 507 g/mol. The molecule has 1 aromatic heterocycles. The van der Waals surface area contributed by atoms with Gasteiger partial charge in [-0.3, -0.25) is 4.57 Å². The van der Waals surface area contributed by atoms with E-state index in [9.17, 15) is 13.3 Å². The summed E-state index contributed by atoms with van der Waals surface area (Å²) in [4.78, 5) is 17.8. The van der Waals surface area contributed by atoms with Crippen molar-refractivity contribution in [3.8, 4) is 0 Å². The molecule has 0 saturated carbocycles. The zero-order valence-electron chi connectivity index (χ0n) is 13.5. The van der Waals surface area contributed by atoms with Crippen LogP contribution in [0.4, 0.5) is 8.78 Å². The molecule has 0 atom stereocenters. The molecule has 0 radical (unpaired) electrons. The third-order valence-corrected chi connectivity index (χ3v) is 6.24. The number of aryl methyl sites for hydroxylation is 1. The second kappa shape index (κ2) is 6.84. The van der Waals surface area contributed by atoms with Gasteiger partial charge in [-0.25, -0.2) is 0 Å². The maximum absolute atomic E-state index is 13.9. The quantitative estimate of drug-likeness (QED) is 0.441. The number of alkyl halides is 2. The first-order valence-electron chi connectivity index (χ1n) is 7.48. The van der Waals surface area contributed by atoms with Crippen molar-refractivity contribution in [2.24, 2.45) is 0 Å². The van der Waals surface area contributed by atoms with Crippen molar-refractivity contribution in [2.45, 2.75) is 19.1 Å². The molecule has 0 spiro atoms. The molecule has 3 rings (SSSR count). The fourth-order valence-electron chi connectivity index (χ4n) is 2.83. The number of rotatable bonds is 4. The number of nitrogens with zero attached hydrogens (tertiary/aromatic N) is 1. The lowest BCUT2D eigenvalue weighted by Crippen LogP contribution is -2.14. The number of fused-ring (bicyclic) bond motifs is 1. The van der Waals surface area contributed by atoms with Gasteiger partial charge in [0.2, 0.25) is 0 Å². The molecule has 2 N–H and O–H groups in total. The molecule has 1 heterocycles. The largest absolute Gasteiger partial charge is 0.399 e. The van der Waals surface area contributed by atoms with Gasteiger partial charge in [0.25, 0.3) is 0 Å². The van der Waals surface area contributed by atoms with Crippen molar-refractivity contribution in [1.29, 1.82) is 0 Å². The summed E-state index contributed by atoms with van der Waals surface area (Å²) in [5.41, 5.74) is -2.15. The molecular formula is C17H14Br2F2NO3P. The van der Waals surface area contributed by atoms with E-state index in [0.29, 0.717) is 6.54 Å². The Bertz CT molecular complexity index is 1050. The van der Waals surface area contributed by atoms with Crippen LogP contribution in [0, 0.1) is 6.92 Å². The number of hydrogen-bond donors (Lipinski definition) is 2. The zero-order chi connectivity index (χ0) is 19.3. The fourth-order valence-corrected chi connectivity index (χ4v) is 4.53. The lowest BCUT2D eigenvalue weighted by molar-refractivity contribution is 0.0557. The average Bonchev–Trinajstić information content (AvgIpc) is 2.81. The molecule has 26 heavy (non-hydrogen) atoms. The molecule has 0 amide bonds. The molecule has 0 aliphatic carbocycles. The summed E-state index contributed by atoms with van der Waals surface area (Å²) >= 11 is 6.46. The third kappa shape index (κ3) is 3.53. The number of halogens is 4. The Balaban J connectivity index is 1.98. The highest BCUT2D eigenvalue weighted by atomic mass is 79.9. The van der Waals surface area contributed by atoms with Crippen LogP contribution < -0.4 is 0 Å². The Hall–Kier alpha value is -1.05. The molecule has 0 fully saturated rings. The summed E-state index contributed by atoms with van der Waals surface area (Å²) < 4.78 is 41.9. The molecule has 138 valence electrons. The predicted molar refractivity (Wildman–Crippen MR) is 104 cm³/mol. The first-order chi connectivity index (χ1) is 12.0. The summed E-state index contributed by atoms with van der Waals surface area (Å²) in [6, 6.07) is 9.87. The molecule has 0 unspecified atom stereocenters. The van der Waals surface area contributed by atoms with Crippen molar-refractivity contribution >= 4 is 50.4 Å². The van der Waals surface area contributed by atoms with Crippen LogP contribution in [0.2, 0.25) is 0 Å². The van der Waals surface area contributed by atoms with Crippen molar-refractivity contribution in [3.05, 3.63) is 68.2 Å². The van der Waals surface area contributed by atoms with Gasteiger partial charge in [0, 0.05) is 38.2 Å².